The molecule has 0 radical (unpaired) electrons. The number of hydrogen-bond donors (Lipinski definition) is 0. The van der Waals surface area contributed by atoms with Crippen LogP contribution in [0.3, 0.4) is 0 Å². The van der Waals surface area contributed by atoms with Gasteiger partial charge in [0, 0.05) is 11.8 Å². The molecule has 0 fully saturated rings. The van der Waals surface area contributed by atoms with E-state index in [4.69, 9.17) is 0 Å². The molecule has 2 aromatic rings. The van der Waals surface area contributed by atoms with Crippen LogP contribution in [-0.4, -0.2) is 15.0 Å². The van der Waals surface area contributed by atoms with Gasteiger partial charge in [-0.15, -0.1) is 0 Å². The summed E-state index contributed by atoms with van der Waals surface area (Å²) in [5.41, 5.74) is 1.78. The van der Waals surface area contributed by atoms with Gasteiger partial charge in [0.1, 0.15) is 11.4 Å². The molecule has 2 aliphatic heterocycles. The second kappa shape index (κ2) is 4.66. The van der Waals surface area contributed by atoms with Crippen LogP contribution in [0.2, 0.25) is 0 Å². The van der Waals surface area contributed by atoms with Crippen LogP contribution in [0.1, 0.15) is 0 Å². The summed E-state index contributed by atoms with van der Waals surface area (Å²) in [6.45, 7) is 0. The minimum absolute atomic E-state index is 0.115. The highest BCUT2D eigenvalue weighted by molar-refractivity contribution is 5.92. The molecule has 2 aliphatic rings. The van der Waals surface area contributed by atoms with Gasteiger partial charge in [-0.05, 0) is 17.7 Å². The Morgan fingerprint density at radius 1 is 0.727 bits per heavy atom. The number of hydrogen-bond acceptors (Lipinski definition) is 5. The molecule has 5 nitrogen and oxygen atoms in total. The van der Waals surface area contributed by atoms with E-state index in [1.807, 2.05) is 42.5 Å². The van der Waals surface area contributed by atoms with Crippen LogP contribution in [0.4, 0.5) is 0 Å². The van der Waals surface area contributed by atoms with Crippen molar-refractivity contribution in [1.82, 2.24) is 15.0 Å². The first kappa shape index (κ1) is 12.5. The van der Waals surface area contributed by atoms with E-state index in [1.165, 1.54) is 0 Å². The molecule has 0 saturated carbocycles. The summed E-state index contributed by atoms with van der Waals surface area (Å²) in [6.07, 6.45) is 1.66. The fraction of sp³-hybridized carbons (Fsp3) is 0. The summed E-state index contributed by atoms with van der Waals surface area (Å²) >= 11 is 0. The lowest BCUT2D eigenvalue weighted by Crippen LogP contribution is -2.19. The molecule has 0 saturated heterocycles. The highest BCUT2D eigenvalue weighted by Crippen LogP contribution is 2.38. The Morgan fingerprint density at radius 3 is 2.23 bits per heavy atom. The molecule has 0 atom stereocenters. The standard InChI is InChI=1S/C17H9N3O2/c21-16-15-14(20-17(16)22)12(10-6-2-1-3-7-10)13(19-15)11-8-4-5-9-18-11/h1-9H. The smallest absolute Gasteiger partial charge is 0.281 e. The first-order chi connectivity index (χ1) is 10.8. The van der Waals surface area contributed by atoms with Crippen molar-refractivity contribution in [2.24, 2.45) is 0 Å². The molecule has 0 spiro atoms. The fourth-order valence-electron chi connectivity index (χ4n) is 2.54. The fourth-order valence-corrected chi connectivity index (χ4v) is 2.54. The summed E-state index contributed by atoms with van der Waals surface area (Å²) in [5, 5.41) is 0. The van der Waals surface area contributed by atoms with Crippen LogP contribution in [-0.2, 0) is 0 Å². The summed E-state index contributed by atoms with van der Waals surface area (Å²) in [6, 6.07) is 14.9. The maximum absolute atomic E-state index is 11.9. The number of aromatic nitrogens is 3. The second-order valence-corrected chi connectivity index (χ2v) is 4.86. The summed E-state index contributed by atoms with van der Waals surface area (Å²) in [7, 11) is 0. The average molecular weight is 287 g/mol. The van der Waals surface area contributed by atoms with Crippen LogP contribution >= 0.6 is 0 Å². The monoisotopic (exact) mass is 287 g/mol. The lowest BCUT2D eigenvalue weighted by atomic mass is 10.0. The Labute approximate surface area is 125 Å². The SMILES string of the molecule is O=c1nc2c(-c3ccccc3)c(-c3ccccn3)nc-2c1=O. The number of nitrogens with zero attached hydrogens (tertiary/aromatic N) is 3. The van der Waals surface area contributed by atoms with Gasteiger partial charge in [-0.3, -0.25) is 14.6 Å². The number of fused-ring (bicyclic) bond motifs is 1. The third kappa shape index (κ3) is 1.76. The highest BCUT2D eigenvalue weighted by Gasteiger charge is 2.27. The molecule has 0 aliphatic carbocycles. The normalized spacial score (nSPS) is 11.1. The summed E-state index contributed by atoms with van der Waals surface area (Å²) in [4.78, 5) is 36.0. The van der Waals surface area contributed by atoms with Gasteiger partial charge in [-0.2, -0.15) is 0 Å². The molecule has 0 amide bonds. The van der Waals surface area contributed by atoms with E-state index < -0.39 is 11.0 Å². The summed E-state index contributed by atoms with van der Waals surface area (Å²) < 4.78 is 0. The van der Waals surface area contributed by atoms with Crippen molar-refractivity contribution in [1.29, 1.82) is 0 Å². The van der Waals surface area contributed by atoms with Crippen molar-refractivity contribution in [2.75, 3.05) is 0 Å². The van der Waals surface area contributed by atoms with Gasteiger partial charge in [0.2, 0.25) is 0 Å². The van der Waals surface area contributed by atoms with E-state index >= 15 is 0 Å². The molecular formula is C17H9N3O2. The average Bonchev–Trinajstić information content (AvgIpc) is 3.06. The van der Waals surface area contributed by atoms with Gasteiger partial charge >= 0.3 is 5.56 Å². The second-order valence-electron chi connectivity index (χ2n) is 4.86. The Morgan fingerprint density at radius 2 is 1.50 bits per heavy atom. The summed E-state index contributed by atoms with van der Waals surface area (Å²) in [5.74, 6) is 0. The minimum Gasteiger partial charge on any atom is -0.281 e. The third-order valence-electron chi connectivity index (χ3n) is 3.51. The highest BCUT2D eigenvalue weighted by atomic mass is 16.2. The molecule has 1 aromatic carbocycles. The van der Waals surface area contributed by atoms with E-state index in [9.17, 15) is 9.59 Å². The van der Waals surface area contributed by atoms with Crippen LogP contribution in [0.25, 0.3) is 33.9 Å². The lowest BCUT2D eigenvalue weighted by Gasteiger charge is -2.03. The number of pyridine rings is 1. The van der Waals surface area contributed by atoms with Crippen molar-refractivity contribution in [2.45, 2.75) is 0 Å². The molecule has 1 aromatic heterocycles. The van der Waals surface area contributed by atoms with Crippen LogP contribution in [0, 0.1) is 0 Å². The first-order valence-corrected chi connectivity index (χ1v) is 6.73. The molecule has 4 rings (SSSR count). The number of benzene rings is 1. The Kier molecular flexibility index (Phi) is 2.66. The van der Waals surface area contributed by atoms with E-state index in [-0.39, 0.29) is 5.69 Å². The molecule has 3 heterocycles. The quantitative estimate of drug-likeness (QED) is 0.526. The van der Waals surface area contributed by atoms with Crippen molar-refractivity contribution in [3.63, 3.8) is 0 Å². The Bertz CT molecular complexity index is 1000. The molecule has 0 N–H and O–H groups in total. The molecule has 0 unspecified atom stereocenters. The zero-order valence-electron chi connectivity index (χ0n) is 11.4. The molecule has 5 heteroatoms. The van der Waals surface area contributed by atoms with E-state index in [2.05, 4.69) is 15.0 Å². The van der Waals surface area contributed by atoms with Crippen molar-refractivity contribution in [3.05, 3.63) is 75.3 Å². The topological polar surface area (TPSA) is 72.8 Å². The van der Waals surface area contributed by atoms with Gasteiger partial charge in [0.15, 0.2) is 0 Å². The van der Waals surface area contributed by atoms with Gasteiger partial charge < -0.3 is 0 Å². The van der Waals surface area contributed by atoms with Gasteiger partial charge in [-0.25, -0.2) is 9.97 Å². The largest absolute Gasteiger partial charge is 0.320 e. The van der Waals surface area contributed by atoms with Crippen LogP contribution < -0.4 is 11.0 Å². The molecule has 22 heavy (non-hydrogen) atoms. The minimum atomic E-state index is -0.762. The maximum atomic E-state index is 11.9. The van der Waals surface area contributed by atoms with Gasteiger partial charge in [-0.1, -0.05) is 36.4 Å². The van der Waals surface area contributed by atoms with E-state index in [1.54, 1.807) is 12.3 Å². The molecule has 0 bridgehead atoms. The molecule has 104 valence electrons. The van der Waals surface area contributed by atoms with Crippen molar-refractivity contribution >= 4 is 0 Å². The zero-order valence-corrected chi connectivity index (χ0v) is 11.4. The van der Waals surface area contributed by atoms with Crippen LogP contribution in [0.15, 0.2) is 64.3 Å². The van der Waals surface area contributed by atoms with Crippen LogP contribution in [0.5, 0.6) is 0 Å². The van der Waals surface area contributed by atoms with Crippen molar-refractivity contribution in [3.8, 4) is 33.9 Å². The predicted octanol–water partition coefficient (Wildman–Crippen LogP) is 1.91. The van der Waals surface area contributed by atoms with E-state index in [0.29, 0.717) is 22.6 Å². The molecular weight excluding hydrogens is 278 g/mol. The lowest BCUT2D eigenvalue weighted by molar-refractivity contribution is 1.27. The zero-order chi connectivity index (χ0) is 15.1. The van der Waals surface area contributed by atoms with E-state index in [0.717, 1.165) is 5.56 Å². The first-order valence-electron chi connectivity index (χ1n) is 6.73. The number of rotatable bonds is 2. The van der Waals surface area contributed by atoms with Crippen molar-refractivity contribution < 1.29 is 0 Å². The Balaban J connectivity index is 2.10. The maximum Gasteiger partial charge on any atom is 0.320 e. The van der Waals surface area contributed by atoms with Gasteiger partial charge in [0.05, 0.1) is 11.4 Å². The third-order valence-corrected chi connectivity index (χ3v) is 3.51. The Hall–Kier alpha value is -3.21. The predicted molar refractivity (Wildman–Crippen MR) is 82.2 cm³/mol. The van der Waals surface area contributed by atoms with Gasteiger partial charge in [0.25, 0.3) is 5.43 Å².